The molecule has 0 N–H and O–H groups in total. The fraction of sp³-hybridized carbons (Fsp3) is 0.318. The van der Waals surface area contributed by atoms with Crippen molar-refractivity contribution in [1.82, 2.24) is 14.3 Å². The molecular formula is C22H23N3O3. The van der Waals surface area contributed by atoms with E-state index in [1.165, 1.54) is 9.25 Å². The van der Waals surface area contributed by atoms with Crippen LogP contribution in [-0.4, -0.2) is 27.6 Å². The van der Waals surface area contributed by atoms with Crippen molar-refractivity contribution >= 4 is 0 Å². The van der Waals surface area contributed by atoms with Gasteiger partial charge in [-0.1, -0.05) is 60.7 Å². The summed E-state index contributed by atoms with van der Waals surface area (Å²) >= 11 is 0. The first kappa shape index (κ1) is 18.4. The molecule has 0 spiro atoms. The van der Waals surface area contributed by atoms with Crippen molar-refractivity contribution in [3.63, 3.8) is 0 Å². The van der Waals surface area contributed by atoms with E-state index in [-0.39, 0.29) is 23.7 Å². The summed E-state index contributed by atoms with van der Waals surface area (Å²) in [6.07, 6.45) is 1.49. The minimum atomic E-state index is -0.381. The van der Waals surface area contributed by atoms with Crippen molar-refractivity contribution in [1.29, 1.82) is 0 Å². The van der Waals surface area contributed by atoms with E-state index in [0.29, 0.717) is 25.5 Å². The highest BCUT2D eigenvalue weighted by Gasteiger charge is 2.24. The molecule has 144 valence electrons. The van der Waals surface area contributed by atoms with E-state index in [1.807, 2.05) is 60.7 Å². The third-order valence-corrected chi connectivity index (χ3v) is 5.11. The quantitative estimate of drug-likeness (QED) is 0.685. The molecule has 1 aromatic heterocycles. The van der Waals surface area contributed by atoms with Gasteiger partial charge in [-0.15, -0.1) is 0 Å². The third kappa shape index (κ3) is 3.97. The predicted molar refractivity (Wildman–Crippen MR) is 107 cm³/mol. The molecule has 0 amide bonds. The standard InChI is InChI=1S/C22H23N3O3/c26-21-20(19-11-13-28-14-12-19)23-25(16-18-9-5-2-6-10-18)22(27)24(21)15-17-7-3-1-4-8-17/h1-10,19H,11-16H2. The number of aromatic nitrogens is 3. The molecule has 1 aliphatic heterocycles. The maximum Gasteiger partial charge on any atom is 0.348 e. The fourth-order valence-corrected chi connectivity index (χ4v) is 3.57. The topological polar surface area (TPSA) is 66.1 Å². The van der Waals surface area contributed by atoms with E-state index >= 15 is 0 Å². The van der Waals surface area contributed by atoms with E-state index in [2.05, 4.69) is 5.10 Å². The predicted octanol–water partition coefficient (Wildman–Crippen LogP) is 2.40. The van der Waals surface area contributed by atoms with Crippen LogP contribution in [0.2, 0.25) is 0 Å². The molecule has 28 heavy (non-hydrogen) atoms. The molecule has 0 saturated carbocycles. The Kier molecular flexibility index (Phi) is 5.48. The monoisotopic (exact) mass is 377 g/mol. The maximum atomic E-state index is 13.1. The van der Waals surface area contributed by atoms with E-state index in [4.69, 9.17) is 4.74 Å². The normalized spacial score (nSPS) is 14.9. The van der Waals surface area contributed by atoms with Crippen molar-refractivity contribution in [3.05, 3.63) is 98.3 Å². The second-order valence-electron chi connectivity index (χ2n) is 7.07. The highest BCUT2D eigenvalue weighted by atomic mass is 16.5. The molecule has 0 unspecified atom stereocenters. The van der Waals surface area contributed by atoms with Gasteiger partial charge in [-0.25, -0.2) is 9.48 Å². The van der Waals surface area contributed by atoms with Gasteiger partial charge in [0.2, 0.25) is 0 Å². The lowest BCUT2D eigenvalue weighted by Crippen LogP contribution is -2.45. The molecule has 1 fully saturated rings. The second kappa shape index (κ2) is 8.35. The van der Waals surface area contributed by atoms with Gasteiger partial charge in [0.25, 0.3) is 5.56 Å². The summed E-state index contributed by atoms with van der Waals surface area (Å²) < 4.78 is 8.17. The van der Waals surface area contributed by atoms with Crippen molar-refractivity contribution in [3.8, 4) is 0 Å². The van der Waals surface area contributed by atoms with E-state index in [1.54, 1.807) is 0 Å². The fourth-order valence-electron chi connectivity index (χ4n) is 3.57. The van der Waals surface area contributed by atoms with Crippen LogP contribution in [0, 0.1) is 0 Å². The number of nitrogens with zero attached hydrogens (tertiary/aromatic N) is 3. The van der Waals surface area contributed by atoms with Crippen LogP contribution in [0.3, 0.4) is 0 Å². The molecule has 1 saturated heterocycles. The van der Waals surface area contributed by atoms with Crippen LogP contribution in [0.4, 0.5) is 0 Å². The lowest BCUT2D eigenvalue weighted by Gasteiger charge is -2.22. The highest BCUT2D eigenvalue weighted by Crippen LogP contribution is 2.22. The number of hydrogen-bond acceptors (Lipinski definition) is 4. The number of benzene rings is 2. The van der Waals surface area contributed by atoms with Gasteiger partial charge in [-0.05, 0) is 24.0 Å². The van der Waals surface area contributed by atoms with Crippen LogP contribution >= 0.6 is 0 Å². The Morgan fingerprint density at radius 2 is 1.43 bits per heavy atom. The Balaban J connectivity index is 1.79. The Bertz CT molecular complexity index is 1040. The molecule has 0 radical (unpaired) electrons. The molecule has 1 aliphatic rings. The molecule has 6 heteroatoms. The van der Waals surface area contributed by atoms with Crippen LogP contribution in [0.1, 0.15) is 35.6 Å². The van der Waals surface area contributed by atoms with Crippen molar-refractivity contribution < 1.29 is 4.74 Å². The number of rotatable bonds is 5. The summed E-state index contributed by atoms with van der Waals surface area (Å²) in [7, 11) is 0. The minimum Gasteiger partial charge on any atom is -0.381 e. The zero-order chi connectivity index (χ0) is 19.3. The first-order valence-corrected chi connectivity index (χ1v) is 9.60. The first-order valence-electron chi connectivity index (χ1n) is 9.60. The minimum absolute atomic E-state index is 0.0193. The summed E-state index contributed by atoms with van der Waals surface area (Å²) in [5.74, 6) is 0.0193. The third-order valence-electron chi connectivity index (χ3n) is 5.11. The van der Waals surface area contributed by atoms with Gasteiger partial charge < -0.3 is 4.74 Å². The van der Waals surface area contributed by atoms with Gasteiger partial charge in [-0.2, -0.15) is 5.10 Å². The smallest absolute Gasteiger partial charge is 0.348 e. The first-order chi connectivity index (χ1) is 13.7. The highest BCUT2D eigenvalue weighted by molar-refractivity contribution is 5.17. The largest absolute Gasteiger partial charge is 0.381 e. The average molecular weight is 377 g/mol. The van der Waals surface area contributed by atoms with Gasteiger partial charge in [0, 0.05) is 19.1 Å². The summed E-state index contributed by atoms with van der Waals surface area (Å²) in [4.78, 5) is 26.2. The Labute approximate surface area is 163 Å². The van der Waals surface area contributed by atoms with Crippen molar-refractivity contribution in [2.24, 2.45) is 0 Å². The summed E-state index contributed by atoms with van der Waals surface area (Å²) in [6.45, 7) is 1.81. The average Bonchev–Trinajstić information content (AvgIpc) is 2.75. The zero-order valence-electron chi connectivity index (χ0n) is 15.7. The van der Waals surface area contributed by atoms with Crippen LogP contribution < -0.4 is 11.2 Å². The Morgan fingerprint density at radius 3 is 2.04 bits per heavy atom. The molecule has 2 heterocycles. The molecule has 4 rings (SSSR count). The van der Waals surface area contributed by atoms with Gasteiger partial charge in [0.05, 0.1) is 13.1 Å². The Morgan fingerprint density at radius 1 is 0.857 bits per heavy atom. The molecule has 2 aromatic carbocycles. The van der Waals surface area contributed by atoms with Crippen LogP contribution in [-0.2, 0) is 17.8 Å². The summed E-state index contributed by atoms with van der Waals surface area (Å²) in [5.41, 5.74) is 1.69. The second-order valence-corrected chi connectivity index (χ2v) is 7.07. The van der Waals surface area contributed by atoms with Crippen LogP contribution in [0.5, 0.6) is 0 Å². The van der Waals surface area contributed by atoms with Gasteiger partial charge in [0.15, 0.2) is 0 Å². The van der Waals surface area contributed by atoms with Gasteiger partial charge in [0.1, 0.15) is 5.69 Å². The van der Waals surface area contributed by atoms with Gasteiger partial charge in [-0.3, -0.25) is 9.36 Å². The summed E-state index contributed by atoms with van der Waals surface area (Å²) in [6, 6.07) is 19.3. The zero-order valence-corrected chi connectivity index (χ0v) is 15.7. The number of ether oxygens (including phenoxy) is 1. The van der Waals surface area contributed by atoms with Crippen molar-refractivity contribution in [2.45, 2.75) is 31.8 Å². The molecule has 6 nitrogen and oxygen atoms in total. The van der Waals surface area contributed by atoms with Crippen LogP contribution in [0.15, 0.2) is 70.3 Å². The Hall–Kier alpha value is -2.99. The van der Waals surface area contributed by atoms with Crippen LogP contribution in [0.25, 0.3) is 0 Å². The van der Waals surface area contributed by atoms with Crippen molar-refractivity contribution in [2.75, 3.05) is 13.2 Å². The van der Waals surface area contributed by atoms with E-state index < -0.39 is 0 Å². The summed E-state index contributed by atoms with van der Waals surface area (Å²) in [5, 5.41) is 4.51. The molecule has 0 bridgehead atoms. The molecule has 0 aliphatic carbocycles. The van der Waals surface area contributed by atoms with E-state index in [9.17, 15) is 9.59 Å². The number of hydrogen-bond donors (Lipinski definition) is 0. The molecule has 0 atom stereocenters. The lowest BCUT2D eigenvalue weighted by molar-refractivity contribution is 0.0835. The van der Waals surface area contributed by atoms with E-state index in [0.717, 1.165) is 24.0 Å². The SMILES string of the molecule is O=c1c(C2CCOCC2)nn(Cc2ccccc2)c(=O)n1Cc1ccccc1. The van der Waals surface area contributed by atoms with Gasteiger partial charge >= 0.3 is 5.69 Å². The molecule has 3 aromatic rings. The maximum absolute atomic E-state index is 13.1. The lowest BCUT2D eigenvalue weighted by atomic mass is 9.97. The molecular weight excluding hydrogens is 354 g/mol.